The van der Waals surface area contributed by atoms with E-state index in [9.17, 15) is 9.59 Å². The van der Waals surface area contributed by atoms with Crippen LogP contribution < -0.4 is 16.4 Å². The fourth-order valence-corrected chi connectivity index (χ4v) is 1.35. The molecule has 1 rings (SSSR count). The molecule has 4 N–H and O–H groups in total. The van der Waals surface area contributed by atoms with Crippen LogP contribution in [0.3, 0.4) is 0 Å². The highest BCUT2D eigenvalue weighted by Crippen LogP contribution is 2.10. The fourth-order valence-electron chi connectivity index (χ4n) is 1.35. The molecule has 0 spiro atoms. The zero-order chi connectivity index (χ0) is 10.8. The second kappa shape index (κ2) is 5.32. The molecule has 0 radical (unpaired) electrons. The van der Waals surface area contributed by atoms with Gasteiger partial charge in [-0.2, -0.15) is 0 Å². The highest BCUT2D eigenvalue weighted by atomic mass is 35.5. The van der Waals surface area contributed by atoms with Crippen molar-refractivity contribution in [1.82, 2.24) is 10.6 Å². The topological polar surface area (TPSA) is 84.2 Å². The largest absolute Gasteiger partial charge is 0.368 e. The van der Waals surface area contributed by atoms with E-state index in [4.69, 9.17) is 5.73 Å². The molecule has 0 aromatic heterocycles. The zero-order valence-electron chi connectivity index (χ0n) is 9.00. The van der Waals surface area contributed by atoms with Gasteiger partial charge in [0.15, 0.2) is 0 Å². The van der Waals surface area contributed by atoms with E-state index in [1.165, 1.54) is 0 Å². The Balaban J connectivity index is 0.00000196. The predicted octanol–water partition coefficient (Wildman–Crippen LogP) is -0.602. The Hall–Kier alpha value is -0.810. The average Bonchev–Trinajstić information content (AvgIpc) is 2.54. The van der Waals surface area contributed by atoms with Gasteiger partial charge in [0.05, 0.1) is 5.92 Å². The molecule has 1 atom stereocenters. The van der Waals surface area contributed by atoms with E-state index in [0.717, 1.165) is 13.0 Å². The molecule has 0 aliphatic carbocycles. The number of rotatable bonds is 3. The number of hydrogen-bond donors (Lipinski definition) is 3. The van der Waals surface area contributed by atoms with Crippen LogP contribution in [0.25, 0.3) is 0 Å². The molecule has 1 saturated heterocycles. The number of halogens is 1. The average molecular weight is 236 g/mol. The van der Waals surface area contributed by atoms with Crippen LogP contribution in [0, 0.1) is 5.92 Å². The van der Waals surface area contributed by atoms with Gasteiger partial charge in [-0.05, 0) is 26.8 Å². The molecule has 1 aliphatic rings. The van der Waals surface area contributed by atoms with Gasteiger partial charge in [-0.15, -0.1) is 12.4 Å². The molecule has 15 heavy (non-hydrogen) atoms. The summed E-state index contributed by atoms with van der Waals surface area (Å²) in [4.78, 5) is 22.6. The molecular formula is C9H18ClN3O2. The lowest BCUT2D eigenvalue weighted by molar-refractivity contribution is -0.132. The van der Waals surface area contributed by atoms with E-state index in [0.29, 0.717) is 6.54 Å². The number of amides is 2. The third-order valence-corrected chi connectivity index (χ3v) is 2.48. The van der Waals surface area contributed by atoms with Crippen molar-refractivity contribution >= 4 is 24.2 Å². The van der Waals surface area contributed by atoms with E-state index in [-0.39, 0.29) is 24.2 Å². The van der Waals surface area contributed by atoms with Gasteiger partial charge in [0.1, 0.15) is 5.54 Å². The van der Waals surface area contributed by atoms with Crippen LogP contribution in [-0.4, -0.2) is 30.4 Å². The molecular weight excluding hydrogens is 218 g/mol. The van der Waals surface area contributed by atoms with Gasteiger partial charge in [0, 0.05) is 6.54 Å². The summed E-state index contributed by atoms with van der Waals surface area (Å²) in [5.41, 5.74) is 4.19. The second-order valence-corrected chi connectivity index (χ2v) is 4.17. The lowest BCUT2D eigenvalue weighted by Crippen LogP contribution is -2.54. The first-order valence-corrected chi connectivity index (χ1v) is 4.76. The Bertz CT molecular complexity index is 250. The first-order chi connectivity index (χ1) is 6.43. The van der Waals surface area contributed by atoms with E-state index in [1.54, 1.807) is 13.8 Å². The van der Waals surface area contributed by atoms with Crippen molar-refractivity contribution < 1.29 is 9.59 Å². The molecule has 1 fully saturated rings. The fraction of sp³-hybridized carbons (Fsp3) is 0.778. The summed E-state index contributed by atoms with van der Waals surface area (Å²) < 4.78 is 0. The maximum absolute atomic E-state index is 11.6. The summed E-state index contributed by atoms with van der Waals surface area (Å²) in [6, 6.07) is 0. The van der Waals surface area contributed by atoms with Crippen molar-refractivity contribution in [2.75, 3.05) is 13.1 Å². The first-order valence-electron chi connectivity index (χ1n) is 4.76. The molecule has 1 heterocycles. The van der Waals surface area contributed by atoms with Crippen LogP contribution in [-0.2, 0) is 9.59 Å². The Kier molecular flexibility index (Phi) is 5.03. The molecule has 6 heteroatoms. The van der Waals surface area contributed by atoms with Crippen LogP contribution in [0.2, 0.25) is 0 Å². The lowest BCUT2D eigenvalue weighted by Gasteiger charge is -2.23. The number of hydrogen-bond acceptors (Lipinski definition) is 3. The minimum Gasteiger partial charge on any atom is -0.368 e. The van der Waals surface area contributed by atoms with E-state index in [2.05, 4.69) is 10.6 Å². The summed E-state index contributed by atoms with van der Waals surface area (Å²) in [5, 5.41) is 5.74. The molecule has 5 nitrogen and oxygen atoms in total. The summed E-state index contributed by atoms with van der Waals surface area (Å²) in [6.45, 7) is 4.75. The van der Waals surface area contributed by atoms with Crippen molar-refractivity contribution in [3.05, 3.63) is 0 Å². The van der Waals surface area contributed by atoms with Crippen molar-refractivity contribution in [3.8, 4) is 0 Å². The zero-order valence-corrected chi connectivity index (χ0v) is 9.82. The number of nitrogens with one attached hydrogen (secondary N) is 2. The van der Waals surface area contributed by atoms with Gasteiger partial charge in [0.25, 0.3) is 0 Å². The molecule has 1 aliphatic heterocycles. The Morgan fingerprint density at radius 2 is 2.07 bits per heavy atom. The minimum absolute atomic E-state index is 0. The molecule has 0 aromatic carbocycles. The third kappa shape index (κ3) is 3.68. The molecule has 0 aromatic rings. The normalized spacial score (nSPS) is 20.5. The molecule has 0 bridgehead atoms. The monoisotopic (exact) mass is 235 g/mol. The summed E-state index contributed by atoms with van der Waals surface area (Å²) in [5.74, 6) is -0.649. The standard InChI is InChI=1S/C9H17N3O2.ClH/c1-9(2,8(10)14)12-7(13)6-3-4-11-5-6;/h6,11H,3-5H2,1-2H3,(H2,10,14)(H,12,13);1H/t6-;/m0./s1. The highest BCUT2D eigenvalue weighted by molar-refractivity contribution is 5.90. The molecule has 2 amide bonds. The quantitative estimate of drug-likeness (QED) is 0.611. The van der Waals surface area contributed by atoms with Crippen LogP contribution in [0.4, 0.5) is 0 Å². The number of nitrogens with two attached hydrogens (primary N) is 1. The number of primary amides is 1. The molecule has 88 valence electrons. The summed E-state index contributed by atoms with van der Waals surface area (Å²) >= 11 is 0. The number of carbonyl (C=O) groups is 2. The van der Waals surface area contributed by atoms with Gasteiger partial charge in [-0.1, -0.05) is 0 Å². The Labute approximate surface area is 95.6 Å². The van der Waals surface area contributed by atoms with Crippen molar-refractivity contribution in [2.45, 2.75) is 25.8 Å². The van der Waals surface area contributed by atoms with Gasteiger partial charge >= 0.3 is 0 Å². The third-order valence-electron chi connectivity index (χ3n) is 2.48. The Morgan fingerprint density at radius 3 is 2.47 bits per heavy atom. The highest BCUT2D eigenvalue weighted by Gasteiger charge is 2.31. The van der Waals surface area contributed by atoms with Gasteiger partial charge in [-0.25, -0.2) is 0 Å². The first kappa shape index (κ1) is 14.2. The summed E-state index contributed by atoms with van der Waals surface area (Å²) in [6.07, 6.45) is 0.820. The van der Waals surface area contributed by atoms with Gasteiger partial charge in [0.2, 0.25) is 11.8 Å². The predicted molar refractivity (Wildman–Crippen MR) is 59.6 cm³/mol. The van der Waals surface area contributed by atoms with Gasteiger partial charge in [-0.3, -0.25) is 9.59 Å². The summed E-state index contributed by atoms with van der Waals surface area (Å²) in [7, 11) is 0. The lowest BCUT2D eigenvalue weighted by atomic mass is 10.0. The molecule has 0 saturated carbocycles. The van der Waals surface area contributed by atoms with Crippen LogP contribution >= 0.6 is 12.4 Å². The molecule has 0 unspecified atom stereocenters. The van der Waals surface area contributed by atoms with Crippen molar-refractivity contribution in [3.63, 3.8) is 0 Å². The number of carbonyl (C=O) groups excluding carboxylic acids is 2. The van der Waals surface area contributed by atoms with E-state index < -0.39 is 11.4 Å². The Morgan fingerprint density at radius 1 is 1.47 bits per heavy atom. The van der Waals surface area contributed by atoms with Crippen molar-refractivity contribution in [1.29, 1.82) is 0 Å². The minimum atomic E-state index is -0.959. The smallest absolute Gasteiger partial charge is 0.242 e. The van der Waals surface area contributed by atoms with Gasteiger partial charge < -0.3 is 16.4 Å². The van der Waals surface area contributed by atoms with E-state index in [1.807, 2.05) is 0 Å². The maximum Gasteiger partial charge on any atom is 0.242 e. The maximum atomic E-state index is 11.6. The second-order valence-electron chi connectivity index (χ2n) is 4.17. The van der Waals surface area contributed by atoms with Crippen molar-refractivity contribution in [2.24, 2.45) is 11.7 Å². The van der Waals surface area contributed by atoms with Crippen LogP contribution in [0.5, 0.6) is 0 Å². The van der Waals surface area contributed by atoms with E-state index >= 15 is 0 Å². The van der Waals surface area contributed by atoms with Crippen LogP contribution in [0.15, 0.2) is 0 Å². The van der Waals surface area contributed by atoms with Crippen LogP contribution in [0.1, 0.15) is 20.3 Å². The SMILES string of the molecule is CC(C)(NC(=O)[C@H]1CCNC1)C(N)=O.Cl.